The van der Waals surface area contributed by atoms with E-state index in [1.165, 1.54) is 31.2 Å². The fourth-order valence-electron chi connectivity index (χ4n) is 2.31. The highest BCUT2D eigenvalue weighted by molar-refractivity contribution is 6.30. The van der Waals surface area contributed by atoms with Crippen LogP contribution in [0.15, 0.2) is 24.3 Å². The van der Waals surface area contributed by atoms with E-state index in [9.17, 15) is 0 Å². The molecule has 0 heterocycles. The molecular weight excluding hydrogens is 234 g/mol. The van der Waals surface area contributed by atoms with Crippen molar-refractivity contribution < 1.29 is 4.74 Å². The first-order valence-corrected chi connectivity index (χ1v) is 6.69. The quantitative estimate of drug-likeness (QED) is 0.888. The van der Waals surface area contributed by atoms with Crippen molar-refractivity contribution in [3.8, 4) is 0 Å². The zero-order valence-electron chi connectivity index (χ0n) is 10.3. The van der Waals surface area contributed by atoms with Gasteiger partial charge >= 0.3 is 0 Å². The van der Waals surface area contributed by atoms with Crippen molar-refractivity contribution in [2.45, 2.75) is 44.4 Å². The van der Waals surface area contributed by atoms with Gasteiger partial charge in [0.2, 0.25) is 0 Å². The Morgan fingerprint density at radius 1 is 1.18 bits per heavy atom. The molecule has 94 valence electrons. The molecule has 0 bridgehead atoms. The lowest BCUT2D eigenvalue weighted by molar-refractivity contribution is 0.0118. The third-order valence-corrected chi connectivity index (χ3v) is 3.73. The number of rotatable bonds is 4. The zero-order chi connectivity index (χ0) is 12.1. The van der Waals surface area contributed by atoms with E-state index in [4.69, 9.17) is 16.3 Å². The second kappa shape index (κ2) is 6.39. The second-order valence-corrected chi connectivity index (χ2v) is 5.14. The molecule has 17 heavy (non-hydrogen) atoms. The number of hydrogen-bond donors (Lipinski definition) is 1. The summed E-state index contributed by atoms with van der Waals surface area (Å²) in [6.07, 6.45) is 5.21. The molecular formula is C14H20ClNO. The Morgan fingerprint density at radius 2 is 1.82 bits per heavy atom. The summed E-state index contributed by atoms with van der Waals surface area (Å²) in [7, 11) is 2.04. The monoisotopic (exact) mass is 253 g/mol. The SMILES string of the molecule is CNC1CCC(OCc2ccc(Cl)cc2)CC1. The maximum atomic E-state index is 5.93. The summed E-state index contributed by atoms with van der Waals surface area (Å²) >= 11 is 5.84. The minimum atomic E-state index is 0.426. The Morgan fingerprint density at radius 3 is 2.41 bits per heavy atom. The number of benzene rings is 1. The van der Waals surface area contributed by atoms with Gasteiger partial charge in [-0.3, -0.25) is 0 Å². The molecule has 0 spiro atoms. The molecule has 1 saturated carbocycles. The molecule has 1 aliphatic rings. The Bertz CT molecular complexity index is 331. The van der Waals surface area contributed by atoms with Crippen LogP contribution in [0, 0.1) is 0 Å². The minimum absolute atomic E-state index is 0.426. The smallest absolute Gasteiger partial charge is 0.0720 e. The van der Waals surface area contributed by atoms with Crippen LogP contribution in [0.1, 0.15) is 31.2 Å². The van der Waals surface area contributed by atoms with E-state index >= 15 is 0 Å². The van der Waals surface area contributed by atoms with Crippen molar-refractivity contribution in [2.75, 3.05) is 7.05 Å². The van der Waals surface area contributed by atoms with Crippen LogP contribution >= 0.6 is 11.6 Å². The Labute approximate surface area is 108 Å². The topological polar surface area (TPSA) is 21.3 Å². The molecule has 1 aliphatic carbocycles. The highest BCUT2D eigenvalue weighted by Gasteiger charge is 2.20. The third kappa shape index (κ3) is 3.98. The zero-order valence-corrected chi connectivity index (χ0v) is 11.0. The molecule has 1 N–H and O–H groups in total. The van der Waals surface area contributed by atoms with Gasteiger partial charge in [-0.1, -0.05) is 23.7 Å². The van der Waals surface area contributed by atoms with E-state index in [-0.39, 0.29) is 0 Å². The molecule has 1 aromatic rings. The minimum Gasteiger partial charge on any atom is -0.374 e. The van der Waals surface area contributed by atoms with E-state index in [2.05, 4.69) is 5.32 Å². The highest BCUT2D eigenvalue weighted by Crippen LogP contribution is 2.22. The molecule has 0 aliphatic heterocycles. The fourth-order valence-corrected chi connectivity index (χ4v) is 2.44. The average molecular weight is 254 g/mol. The standard InChI is InChI=1S/C14H20ClNO/c1-16-13-6-8-14(9-7-13)17-10-11-2-4-12(15)5-3-11/h2-5,13-14,16H,6-10H2,1H3. The lowest BCUT2D eigenvalue weighted by atomic mass is 9.93. The van der Waals surface area contributed by atoms with Gasteiger partial charge in [-0.15, -0.1) is 0 Å². The summed E-state index contributed by atoms with van der Waals surface area (Å²) in [6.45, 7) is 0.700. The van der Waals surface area contributed by atoms with Crippen molar-refractivity contribution in [3.63, 3.8) is 0 Å². The summed E-state index contributed by atoms with van der Waals surface area (Å²) < 4.78 is 5.93. The molecule has 0 saturated heterocycles. The lowest BCUT2D eigenvalue weighted by Crippen LogP contribution is -2.32. The van der Waals surface area contributed by atoms with E-state index in [1.807, 2.05) is 31.3 Å². The van der Waals surface area contributed by atoms with Gasteiger partial charge in [0.15, 0.2) is 0 Å². The largest absolute Gasteiger partial charge is 0.374 e. The first-order valence-electron chi connectivity index (χ1n) is 6.31. The molecule has 1 fully saturated rings. The van der Waals surface area contributed by atoms with Crippen molar-refractivity contribution in [1.29, 1.82) is 0 Å². The number of hydrogen-bond acceptors (Lipinski definition) is 2. The molecule has 2 nitrogen and oxygen atoms in total. The van der Waals surface area contributed by atoms with Gasteiger partial charge in [-0.2, -0.15) is 0 Å². The van der Waals surface area contributed by atoms with Gasteiger partial charge in [0, 0.05) is 11.1 Å². The van der Waals surface area contributed by atoms with E-state index < -0.39 is 0 Å². The van der Waals surface area contributed by atoms with Crippen molar-refractivity contribution in [3.05, 3.63) is 34.9 Å². The predicted molar refractivity (Wildman–Crippen MR) is 71.3 cm³/mol. The van der Waals surface area contributed by atoms with Gasteiger partial charge in [-0.25, -0.2) is 0 Å². The van der Waals surface area contributed by atoms with Gasteiger partial charge in [0.25, 0.3) is 0 Å². The molecule has 0 aromatic heterocycles. The van der Waals surface area contributed by atoms with E-state index in [0.29, 0.717) is 18.8 Å². The van der Waals surface area contributed by atoms with Crippen LogP contribution in [0.3, 0.4) is 0 Å². The number of ether oxygens (including phenoxy) is 1. The van der Waals surface area contributed by atoms with E-state index in [1.54, 1.807) is 0 Å². The Kier molecular flexibility index (Phi) is 4.84. The van der Waals surface area contributed by atoms with Gasteiger partial charge in [0.05, 0.1) is 12.7 Å². The van der Waals surface area contributed by atoms with Crippen molar-refractivity contribution >= 4 is 11.6 Å². The summed E-state index contributed by atoms with van der Waals surface area (Å²) in [5.41, 5.74) is 1.20. The van der Waals surface area contributed by atoms with Gasteiger partial charge in [-0.05, 0) is 50.4 Å². The Balaban J connectivity index is 1.74. The van der Waals surface area contributed by atoms with E-state index in [0.717, 1.165) is 5.02 Å². The summed E-state index contributed by atoms with van der Waals surface area (Å²) in [4.78, 5) is 0. The van der Waals surface area contributed by atoms with Gasteiger partial charge in [0.1, 0.15) is 0 Å². The van der Waals surface area contributed by atoms with Gasteiger partial charge < -0.3 is 10.1 Å². The van der Waals surface area contributed by atoms with Crippen LogP contribution in [0.5, 0.6) is 0 Å². The third-order valence-electron chi connectivity index (χ3n) is 3.48. The highest BCUT2D eigenvalue weighted by atomic mass is 35.5. The van der Waals surface area contributed by atoms with Crippen LogP contribution in [-0.2, 0) is 11.3 Å². The fraction of sp³-hybridized carbons (Fsp3) is 0.571. The molecule has 0 amide bonds. The van der Waals surface area contributed by atoms with Crippen LogP contribution in [-0.4, -0.2) is 19.2 Å². The molecule has 3 heteroatoms. The first kappa shape index (κ1) is 12.9. The molecule has 0 unspecified atom stereocenters. The van der Waals surface area contributed by atoms with Crippen LogP contribution in [0.25, 0.3) is 0 Å². The van der Waals surface area contributed by atoms with Crippen molar-refractivity contribution in [2.24, 2.45) is 0 Å². The molecule has 0 radical (unpaired) electrons. The Hall–Kier alpha value is -0.570. The average Bonchev–Trinajstić information content (AvgIpc) is 2.39. The van der Waals surface area contributed by atoms with Crippen LogP contribution in [0.4, 0.5) is 0 Å². The maximum Gasteiger partial charge on any atom is 0.0720 e. The normalized spacial score (nSPS) is 24.8. The summed E-state index contributed by atoms with van der Waals surface area (Å²) in [5.74, 6) is 0. The number of nitrogens with one attached hydrogen (secondary N) is 1. The number of halogens is 1. The lowest BCUT2D eigenvalue weighted by Gasteiger charge is -2.28. The van der Waals surface area contributed by atoms with Crippen LogP contribution < -0.4 is 5.32 Å². The summed E-state index contributed by atoms with van der Waals surface area (Å²) in [5, 5.41) is 4.12. The predicted octanol–water partition coefficient (Wildman–Crippen LogP) is 3.39. The van der Waals surface area contributed by atoms with Crippen molar-refractivity contribution in [1.82, 2.24) is 5.32 Å². The second-order valence-electron chi connectivity index (χ2n) is 4.70. The molecule has 2 rings (SSSR count). The first-order chi connectivity index (χ1) is 8.28. The molecule has 1 aromatic carbocycles. The van der Waals surface area contributed by atoms with Crippen LogP contribution in [0.2, 0.25) is 5.02 Å². The maximum absolute atomic E-state index is 5.93. The molecule has 0 atom stereocenters. The summed E-state index contributed by atoms with van der Waals surface area (Å²) in [6, 6.07) is 8.57.